The lowest BCUT2D eigenvalue weighted by Crippen LogP contribution is -2.64. The summed E-state index contributed by atoms with van der Waals surface area (Å²) in [5.74, 6) is -2.24. The van der Waals surface area contributed by atoms with Crippen LogP contribution in [0.4, 0.5) is 0 Å². The molecule has 0 aliphatic carbocycles. The van der Waals surface area contributed by atoms with Gasteiger partial charge in [0.05, 0.1) is 18.2 Å². The standard InChI is InChI=1S/C23H38N4O8/c1-13-16(12-25-21(32)14(2)24)34-22(20(23(13,4)5)26-15(3)28)33-11-7-6-8-19(31)35-27-17(29)9-10-18(27)30/h13-14,16,20,22H,6-12,24H2,1-5H3,(H,25,32)(H,26,28). The smallest absolute Gasteiger partial charge is 0.333 e. The van der Waals surface area contributed by atoms with Gasteiger partial charge in [0, 0.05) is 39.3 Å². The van der Waals surface area contributed by atoms with Gasteiger partial charge in [-0.2, -0.15) is 0 Å². The van der Waals surface area contributed by atoms with Crippen LogP contribution < -0.4 is 16.4 Å². The van der Waals surface area contributed by atoms with E-state index in [4.69, 9.17) is 20.0 Å². The second kappa shape index (κ2) is 12.4. The SMILES string of the molecule is CC(=O)NC1C(OCCCCC(=O)ON2C(=O)CCC2=O)OC(CNC(=O)C(C)N)C(C)C1(C)C. The van der Waals surface area contributed by atoms with Gasteiger partial charge in [0.2, 0.25) is 11.8 Å². The third-order valence-electron chi connectivity index (χ3n) is 6.62. The molecule has 2 heterocycles. The third-order valence-corrected chi connectivity index (χ3v) is 6.62. The van der Waals surface area contributed by atoms with Gasteiger partial charge < -0.3 is 30.7 Å². The quantitative estimate of drug-likeness (QED) is 0.265. The molecule has 0 spiro atoms. The summed E-state index contributed by atoms with van der Waals surface area (Å²) in [7, 11) is 0. The maximum atomic E-state index is 11.9. The normalized spacial score (nSPS) is 26.9. The molecule has 5 unspecified atom stereocenters. The minimum absolute atomic E-state index is 0.00945. The van der Waals surface area contributed by atoms with Crippen LogP contribution in [0, 0.1) is 11.3 Å². The van der Waals surface area contributed by atoms with Crippen molar-refractivity contribution in [2.75, 3.05) is 13.2 Å². The Balaban J connectivity index is 1.90. The molecule has 2 rings (SSSR count). The zero-order chi connectivity index (χ0) is 26.3. The molecule has 5 atom stereocenters. The van der Waals surface area contributed by atoms with Crippen LogP contribution >= 0.6 is 0 Å². The maximum absolute atomic E-state index is 11.9. The molecule has 0 radical (unpaired) electrons. The number of hydrogen-bond acceptors (Lipinski definition) is 9. The first kappa shape index (κ1) is 28.7. The lowest BCUT2D eigenvalue weighted by atomic mass is 9.69. The highest BCUT2D eigenvalue weighted by molar-refractivity contribution is 6.01. The fraction of sp³-hybridized carbons (Fsp3) is 0.783. The Hall–Kier alpha value is -2.57. The Kier molecular flexibility index (Phi) is 10.2. The van der Waals surface area contributed by atoms with Crippen molar-refractivity contribution in [3.8, 4) is 0 Å². The molecule has 198 valence electrons. The number of nitrogens with two attached hydrogens (primary N) is 1. The predicted octanol–water partition coefficient (Wildman–Crippen LogP) is 0.136. The molecule has 0 bridgehead atoms. The van der Waals surface area contributed by atoms with Gasteiger partial charge in [-0.15, -0.1) is 5.06 Å². The number of carbonyl (C=O) groups is 5. The van der Waals surface area contributed by atoms with Crippen molar-refractivity contribution in [3.05, 3.63) is 0 Å². The molecule has 4 amide bonds. The average molecular weight is 499 g/mol. The second-order valence-electron chi connectivity index (χ2n) is 9.74. The van der Waals surface area contributed by atoms with E-state index >= 15 is 0 Å². The summed E-state index contributed by atoms with van der Waals surface area (Å²) in [5, 5.41) is 6.24. The average Bonchev–Trinajstić information content (AvgIpc) is 3.08. The number of hydroxylamine groups is 2. The number of nitrogens with zero attached hydrogens (tertiary/aromatic N) is 1. The number of nitrogens with one attached hydrogen (secondary N) is 2. The maximum Gasteiger partial charge on any atom is 0.333 e. The van der Waals surface area contributed by atoms with E-state index in [2.05, 4.69) is 10.6 Å². The number of unbranched alkanes of at least 4 members (excludes halogenated alkanes) is 1. The molecule has 12 nitrogen and oxygen atoms in total. The van der Waals surface area contributed by atoms with Gasteiger partial charge in [0.25, 0.3) is 11.8 Å². The van der Waals surface area contributed by atoms with E-state index < -0.39 is 41.6 Å². The van der Waals surface area contributed by atoms with Crippen LogP contribution in [0.25, 0.3) is 0 Å². The third kappa shape index (κ3) is 7.71. The number of rotatable bonds is 11. The van der Waals surface area contributed by atoms with E-state index in [9.17, 15) is 24.0 Å². The van der Waals surface area contributed by atoms with E-state index in [-0.39, 0.29) is 56.3 Å². The summed E-state index contributed by atoms with van der Waals surface area (Å²) in [6.45, 7) is 9.52. The first-order valence-electron chi connectivity index (χ1n) is 12.0. The Morgan fingerprint density at radius 3 is 2.40 bits per heavy atom. The highest BCUT2D eigenvalue weighted by atomic mass is 16.7. The fourth-order valence-corrected chi connectivity index (χ4v) is 4.05. The predicted molar refractivity (Wildman–Crippen MR) is 123 cm³/mol. The first-order chi connectivity index (χ1) is 16.3. The minimum atomic E-state index is -0.769. The molecule has 0 saturated carbocycles. The van der Waals surface area contributed by atoms with Gasteiger partial charge in [-0.05, 0) is 31.1 Å². The largest absolute Gasteiger partial charge is 0.352 e. The summed E-state index contributed by atoms with van der Waals surface area (Å²) < 4.78 is 12.1. The van der Waals surface area contributed by atoms with E-state index in [0.29, 0.717) is 17.9 Å². The van der Waals surface area contributed by atoms with Crippen LogP contribution in [0.1, 0.15) is 66.7 Å². The summed E-state index contributed by atoms with van der Waals surface area (Å²) in [6, 6.07) is -1.08. The van der Waals surface area contributed by atoms with Crippen LogP contribution in [-0.2, 0) is 38.3 Å². The van der Waals surface area contributed by atoms with Crippen molar-refractivity contribution < 1.29 is 38.3 Å². The first-order valence-corrected chi connectivity index (χ1v) is 12.0. The molecule has 4 N–H and O–H groups in total. The van der Waals surface area contributed by atoms with Gasteiger partial charge in [-0.25, -0.2) is 4.79 Å². The molecular formula is C23H38N4O8. The fourth-order valence-electron chi connectivity index (χ4n) is 4.05. The van der Waals surface area contributed by atoms with Gasteiger partial charge in [0.1, 0.15) is 0 Å². The molecule has 35 heavy (non-hydrogen) atoms. The van der Waals surface area contributed by atoms with E-state index in [0.717, 1.165) is 0 Å². The molecular weight excluding hydrogens is 460 g/mol. The Morgan fingerprint density at radius 1 is 1.20 bits per heavy atom. The summed E-state index contributed by atoms with van der Waals surface area (Å²) in [4.78, 5) is 63.7. The van der Waals surface area contributed by atoms with Crippen molar-refractivity contribution in [2.45, 2.75) is 91.2 Å². The van der Waals surface area contributed by atoms with Crippen molar-refractivity contribution in [3.63, 3.8) is 0 Å². The molecule has 2 saturated heterocycles. The Labute approximate surface area is 205 Å². The van der Waals surface area contributed by atoms with Gasteiger partial charge in [0.15, 0.2) is 6.29 Å². The van der Waals surface area contributed by atoms with E-state index in [1.807, 2.05) is 20.8 Å². The number of imide groups is 1. The van der Waals surface area contributed by atoms with Crippen molar-refractivity contribution in [1.29, 1.82) is 0 Å². The lowest BCUT2D eigenvalue weighted by molar-refractivity contribution is -0.253. The van der Waals surface area contributed by atoms with E-state index in [1.54, 1.807) is 6.92 Å². The van der Waals surface area contributed by atoms with Crippen LogP contribution in [0.3, 0.4) is 0 Å². The molecule has 12 heteroatoms. The molecule has 0 aromatic rings. The molecule has 2 aliphatic heterocycles. The Morgan fingerprint density at radius 2 is 1.83 bits per heavy atom. The topological polar surface area (TPSA) is 166 Å². The zero-order valence-corrected chi connectivity index (χ0v) is 21.1. The molecule has 0 aromatic heterocycles. The number of amides is 4. The van der Waals surface area contributed by atoms with Crippen LogP contribution in [-0.4, -0.2) is 72.3 Å². The van der Waals surface area contributed by atoms with Gasteiger partial charge in [-0.1, -0.05) is 20.8 Å². The van der Waals surface area contributed by atoms with Crippen molar-refractivity contribution in [2.24, 2.45) is 17.1 Å². The van der Waals surface area contributed by atoms with E-state index in [1.165, 1.54) is 6.92 Å². The zero-order valence-electron chi connectivity index (χ0n) is 21.1. The van der Waals surface area contributed by atoms with Gasteiger partial charge in [-0.3, -0.25) is 19.2 Å². The lowest BCUT2D eigenvalue weighted by Gasteiger charge is -2.51. The monoisotopic (exact) mass is 498 g/mol. The number of carbonyl (C=O) groups excluding carboxylic acids is 5. The molecule has 2 aliphatic rings. The number of ether oxygens (including phenoxy) is 2. The van der Waals surface area contributed by atoms with Crippen molar-refractivity contribution in [1.82, 2.24) is 15.7 Å². The summed E-state index contributed by atoms with van der Waals surface area (Å²) in [6.07, 6.45) is -0.160. The minimum Gasteiger partial charge on any atom is -0.352 e. The van der Waals surface area contributed by atoms with Crippen LogP contribution in [0.2, 0.25) is 0 Å². The summed E-state index contributed by atoms with van der Waals surface area (Å²) in [5.41, 5.74) is 5.20. The highest BCUT2D eigenvalue weighted by Crippen LogP contribution is 2.41. The van der Waals surface area contributed by atoms with Crippen LogP contribution in [0.5, 0.6) is 0 Å². The highest BCUT2D eigenvalue weighted by Gasteiger charge is 2.50. The van der Waals surface area contributed by atoms with Crippen LogP contribution in [0.15, 0.2) is 0 Å². The second-order valence-corrected chi connectivity index (χ2v) is 9.74. The summed E-state index contributed by atoms with van der Waals surface area (Å²) >= 11 is 0. The van der Waals surface area contributed by atoms with Gasteiger partial charge >= 0.3 is 5.97 Å². The number of hydrogen-bond donors (Lipinski definition) is 3. The van der Waals surface area contributed by atoms with Crippen molar-refractivity contribution >= 4 is 29.6 Å². The molecule has 0 aromatic carbocycles. The Bertz CT molecular complexity index is 799. The molecule has 2 fully saturated rings.